The van der Waals surface area contributed by atoms with E-state index in [4.69, 9.17) is 41.5 Å². The topological polar surface area (TPSA) is 179 Å². The van der Waals surface area contributed by atoms with Crippen molar-refractivity contribution in [1.82, 2.24) is 20.6 Å². The third-order valence-corrected chi connectivity index (χ3v) is 9.07. The Kier molecular flexibility index (Phi) is 14.4. The molecule has 1 aromatic heterocycles. The van der Waals surface area contributed by atoms with Gasteiger partial charge in [-0.3, -0.25) is 14.6 Å². The van der Waals surface area contributed by atoms with Crippen LogP contribution in [-0.4, -0.2) is 74.4 Å². The monoisotopic (exact) mass is 825 g/mol. The molecular weight excluding hydrogens is 788 g/mol. The van der Waals surface area contributed by atoms with E-state index in [2.05, 4.69) is 32.8 Å². The zero-order chi connectivity index (χ0) is 40.5. The molecule has 0 spiro atoms. The van der Waals surface area contributed by atoms with E-state index < -0.39 is 11.8 Å². The summed E-state index contributed by atoms with van der Waals surface area (Å²) in [5.41, 5.74) is 10.4. The van der Waals surface area contributed by atoms with Crippen LogP contribution in [0.1, 0.15) is 59.7 Å². The highest BCUT2D eigenvalue weighted by atomic mass is 35.5. The smallest absolute Gasteiger partial charge is 0.339 e. The highest BCUT2D eigenvalue weighted by molar-refractivity contribution is 6.31. The number of methoxy groups -OCH3 is 3. The predicted octanol–water partition coefficient (Wildman–Crippen LogP) is 6.12. The Labute approximate surface area is 345 Å². The second kappa shape index (κ2) is 19.6. The molecule has 298 valence electrons. The van der Waals surface area contributed by atoms with Gasteiger partial charge >= 0.3 is 5.97 Å². The number of benzene rings is 4. The van der Waals surface area contributed by atoms with Crippen LogP contribution in [0.4, 0.5) is 16.0 Å². The Morgan fingerprint density at radius 3 is 2.40 bits per heavy atom. The van der Waals surface area contributed by atoms with Gasteiger partial charge in [-0.25, -0.2) is 19.2 Å². The number of rotatable bonds is 12. The Morgan fingerprint density at radius 2 is 1.66 bits per heavy atom. The molecule has 0 fully saturated rings. The summed E-state index contributed by atoms with van der Waals surface area (Å²) in [5, 5.41) is 9.28. The summed E-state index contributed by atoms with van der Waals surface area (Å²) in [6.45, 7) is 0.797. The van der Waals surface area contributed by atoms with E-state index in [-0.39, 0.29) is 67.5 Å². The summed E-state index contributed by atoms with van der Waals surface area (Å²) in [6.07, 6.45) is 2.09. The van der Waals surface area contributed by atoms with Gasteiger partial charge in [0.05, 0.1) is 62.5 Å². The number of halogens is 3. The number of nitrogens with two attached hydrogens (primary N) is 1. The molecule has 6 rings (SSSR count). The first-order chi connectivity index (χ1) is 27.6. The van der Waals surface area contributed by atoms with Crippen LogP contribution in [0.15, 0.2) is 84.0 Å². The number of aliphatic imine (C=N–C) groups is 1. The normalized spacial score (nSPS) is 11.2. The number of hydrogen-bond acceptors (Lipinski definition) is 11. The van der Waals surface area contributed by atoms with Gasteiger partial charge in [-0.05, 0) is 61.0 Å². The molecule has 5 aromatic rings. The van der Waals surface area contributed by atoms with Gasteiger partial charge in [0.25, 0.3) is 11.8 Å². The number of hydrogen-bond donors (Lipinski definition) is 4. The van der Waals surface area contributed by atoms with Crippen LogP contribution in [0.25, 0.3) is 11.3 Å². The maximum absolute atomic E-state index is 15.3. The lowest BCUT2D eigenvalue weighted by atomic mass is 9.94. The SMILES string of the molecule is COC(=O)c1ccc(C(=O)NCCCNC(=O)c2ccc(Nc3ncc4c(n3)-c3ccc(Cl)cc3C(c3c(F)cccc3OC)=NC4)cc2OC)cc1C#CCN.Cl. The molecule has 0 saturated carbocycles. The Bertz CT molecular complexity index is 2470. The number of carbonyl (C=O) groups is 3. The summed E-state index contributed by atoms with van der Waals surface area (Å²) >= 11 is 6.43. The molecule has 13 nitrogen and oxygen atoms in total. The van der Waals surface area contributed by atoms with E-state index in [0.29, 0.717) is 67.9 Å². The lowest BCUT2D eigenvalue weighted by molar-refractivity contribution is 0.0599. The van der Waals surface area contributed by atoms with Crippen molar-refractivity contribution in [2.24, 2.45) is 10.7 Å². The number of carbonyl (C=O) groups excluding carboxylic acids is 3. The molecule has 2 amide bonds. The van der Waals surface area contributed by atoms with Crippen molar-refractivity contribution in [2.45, 2.75) is 13.0 Å². The van der Waals surface area contributed by atoms with Crippen LogP contribution in [0.3, 0.4) is 0 Å². The summed E-state index contributed by atoms with van der Waals surface area (Å²) in [5.74, 6) is 4.59. The lowest BCUT2D eigenvalue weighted by Gasteiger charge is -2.15. The average molecular weight is 827 g/mol. The van der Waals surface area contributed by atoms with Crippen LogP contribution < -0.4 is 31.2 Å². The van der Waals surface area contributed by atoms with E-state index in [1.54, 1.807) is 48.7 Å². The minimum Gasteiger partial charge on any atom is -0.496 e. The van der Waals surface area contributed by atoms with Crippen molar-refractivity contribution >= 4 is 59.1 Å². The van der Waals surface area contributed by atoms with Gasteiger partial charge in [-0.15, -0.1) is 12.4 Å². The molecule has 0 saturated heterocycles. The first-order valence-corrected chi connectivity index (χ1v) is 18.0. The standard InChI is InChI=1S/C42H37ClFN7O6.ClH/c1-55-34-9-4-8-33(44)36(34)38-32-20-27(43)11-14-30(32)37-26(22-48-38)23-49-42(51-37)50-28-12-15-31(35(21-28)56-2)40(53)47-18-6-17-46-39(52)25-10-13-29(41(54)57-3)24(19-25)7-5-16-45;/h4,8-15,19-21,23H,6,16-18,22,45H2,1-3H3,(H,46,52)(H,47,53)(H,49,50,51);1H. The molecule has 0 atom stereocenters. The van der Waals surface area contributed by atoms with Gasteiger partial charge in [0.15, 0.2) is 0 Å². The molecule has 0 aliphatic carbocycles. The summed E-state index contributed by atoms with van der Waals surface area (Å²) < 4.78 is 31.1. The van der Waals surface area contributed by atoms with E-state index in [1.165, 1.54) is 45.6 Å². The van der Waals surface area contributed by atoms with Gasteiger partial charge in [0, 0.05) is 63.9 Å². The molecule has 16 heteroatoms. The molecule has 0 radical (unpaired) electrons. The number of nitrogens with one attached hydrogen (secondary N) is 3. The summed E-state index contributed by atoms with van der Waals surface area (Å²) in [7, 11) is 4.19. The second-order valence-corrected chi connectivity index (χ2v) is 12.8. The third kappa shape index (κ3) is 9.52. The van der Waals surface area contributed by atoms with Crippen molar-refractivity contribution in [3.8, 4) is 34.6 Å². The second-order valence-electron chi connectivity index (χ2n) is 12.4. The summed E-state index contributed by atoms with van der Waals surface area (Å²) in [6, 6.07) is 19.3. The van der Waals surface area contributed by atoms with Crippen LogP contribution in [-0.2, 0) is 11.3 Å². The predicted molar refractivity (Wildman–Crippen MR) is 221 cm³/mol. The molecule has 1 aliphatic heterocycles. The van der Waals surface area contributed by atoms with Crippen LogP contribution in [0.2, 0.25) is 5.02 Å². The van der Waals surface area contributed by atoms with Gasteiger partial charge in [0.2, 0.25) is 5.95 Å². The van der Waals surface area contributed by atoms with Crippen molar-refractivity contribution in [1.29, 1.82) is 0 Å². The maximum atomic E-state index is 15.3. The quantitative estimate of drug-likeness (QED) is 0.0651. The van der Waals surface area contributed by atoms with Crippen molar-refractivity contribution in [3.05, 3.63) is 129 Å². The minimum absolute atomic E-state index is 0. The number of esters is 1. The van der Waals surface area contributed by atoms with Crippen LogP contribution in [0, 0.1) is 17.7 Å². The largest absolute Gasteiger partial charge is 0.496 e. The molecule has 4 aromatic carbocycles. The number of nitrogens with zero attached hydrogens (tertiary/aromatic N) is 3. The number of aromatic nitrogens is 2. The van der Waals surface area contributed by atoms with E-state index in [1.807, 2.05) is 6.07 Å². The number of anilines is 2. The van der Waals surface area contributed by atoms with Crippen molar-refractivity contribution in [3.63, 3.8) is 0 Å². The third-order valence-electron chi connectivity index (χ3n) is 8.84. The van der Waals surface area contributed by atoms with Crippen molar-refractivity contribution < 1.29 is 33.0 Å². The molecule has 2 heterocycles. The highest BCUT2D eigenvalue weighted by Gasteiger charge is 2.26. The molecule has 5 N–H and O–H groups in total. The molecule has 0 bridgehead atoms. The Hall–Kier alpha value is -6.53. The number of fused-ring (bicyclic) bond motifs is 3. The Balaban J connectivity index is 0.00000641. The Morgan fingerprint density at radius 1 is 0.897 bits per heavy atom. The van der Waals surface area contributed by atoms with Gasteiger partial charge in [0.1, 0.15) is 17.3 Å². The summed E-state index contributed by atoms with van der Waals surface area (Å²) in [4.78, 5) is 52.1. The van der Waals surface area contributed by atoms with Gasteiger partial charge in [-0.2, -0.15) is 0 Å². The first-order valence-electron chi connectivity index (χ1n) is 17.6. The fourth-order valence-electron chi connectivity index (χ4n) is 6.10. The van der Waals surface area contributed by atoms with E-state index in [9.17, 15) is 14.4 Å². The molecule has 1 aliphatic rings. The van der Waals surface area contributed by atoms with Crippen LogP contribution >= 0.6 is 24.0 Å². The van der Waals surface area contributed by atoms with E-state index >= 15 is 4.39 Å². The molecule has 58 heavy (non-hydrogen) atoms. The average Bonchev–Trinajstić information content (AvgIpc) is 3.38. The number of amides is 2. The lowest BCUT2D eigenvalue weighted by Crippen LogP contribution is -2.30. The fraction of sp³-hybridized carbons (Fsp3) is 0.190. The molecule has 0 unspecified atom stereocenters. The highest BCUT2D eigenvalue weighted by Crippen LogP contribution is 2.36. The van der Waals surface area contributed by atoms with Gasteiger partial charge < -0.3 is 35.9 Å². The van der Waals surface area contributed by atoms with Gasteiger partial charge in [-0.1, -0.05) is 35.6 Å². The minimum atomic E-state index is -0.574. The maximum Gasteiger partial charge on any atom is 0.339 e. The zero-order valence-electron chi connectivity index (χ0n) is 31.6. The zero-order valence-corrected chi connectivity index (χ0v) is 33.1. The van der Waals surface area contributed by atoms with Crippen molar-refractivity contribution in [2.75, 3.05) is 46.3 Å². The first kappa shape index (κ1) is 42.6. The molecular formula is C42H38Cl2FN7O6. The number of ether oxygens (including phenoxy) is 3. The van der Waals surface area contributed by atoms with E-state index in [0.717, 1.165) is 5.56 Å². The fourth-order valence-corrected chi connectivity index (χ4v) is 6.27. The van der Waals surface area contributed by atoms with Crippen LogP contribution in [0.5, 0.6) is 11.5 Å².